The Bertz CT molecular complexity index is 1830. The van der Waals surface area contributed by atoms with E-state index in [1.807, 2.05) is 0 Å². The van der Waals surface area contributed by atoms with Crippen molar-refractivity contribution in [3.05, 3.63) is 84.3 Å². The Labute approximate surface area is 270 Å². The largest absolute Gasteiger partial charge is 0.442 e. The number of hydrogen-bond donors (Lipinski definition) is 0. The first-order valence-corrected chi connectivity index (χ1v) is 16.4. The molecule has 10 nitrogen and oxygen atoms in total. The number of anilines is 1. The summed E-state index contributed by atoms with van der Waals surface area (Å²) in [5, 5.41) is 4.54. The van der Waals surface area contributed by atoms with Gasteiger partial charge in [-0.3, -0.25) is 19.4 Å². The third kappa shape index (κ3) is 7.80. The molecule has 0 radical (unpaired) electrons. The van der Waals surface area contributed by atoms with Crippen molar-refractivity contribution >= 4 is 21.7 Å². The smallest absolute Gasteiger partial charge is 0.321 e. The monoisotopic (exact) mass is 674 g/mol. The molecule has 0 bridgehead atoms. The number of piperidine rings is 1. The van der Waals surface area contributed by atoms with Crippen LogP contribution in [-0.2, 0) is 26.1 Å². The first-order valence-electron chi connectivity index (χ1n) is 14.9. The molecule has 0 amide bonds. The number of ether oxygens (including phenoxy) is 1. The second-order valence-electron chi connectivity index (χ2n) is 11.4. The van der Waals surface area contributed by atoms with Gasteiger partial charge < -0.3 is 9.64 Å². The summed E-state index contributed by atoms with van der Waals surface area (Å²) in [6.07, 6.45) is 8.00. The molecule has 47 heavy (non-hydrogen) atoms. The third-order valence-corrected chi connectivity index (χ3v) is 9.42. The molecule has 1 saturated heterocycles. The molecule has 0 saturated carbocycles. The van der Waals surface area contributed by atoms with Crippen molar-refractivity contribution in [1.29, 1.82) is 0 Å². The van der Waals surface area contributed by atoms with Crippen molar-refractivity contribution in [2.24, 2.45) is 0 Å². The highest BCUT2D eigenvalue weighted by Gasteiger charge is 2.34. The molecule has 1 aliphatic rings. The fourth-order valence-corrected chi connectivity index (χ4v) is 6.74. The van der Waals surface area contributed by atoms with Crippen LogP contribution in [0, 0.1) is 23.3 Å². The second kappa shape index (κ2) is 14.6. The van der Waals surface area contributed by atoms with Gasteiger partial charge in [-0.15, -0.1) is 0 Å². The average molecular weight is 675 g/mol. The predicted molar refractivity (Wildman–Crippen MR) is 167 cm³/mol. The molecule has 15 heteroatoms. The van der Waals surface area contributed by atoms with Crippen molar-refractivity contribution in [2.45, 2.75) is 30.7 Å². The van der Waals surface area contributed by atoms with Crippen LogP contribution in [0.4, 0.5) is 23.2 Å². The van der Waals surface area contributed by atoms with Crippen LogP contribution in [0.2, 0.25) is 0 Å². The summed E-state index contributed by atoms with van der Waals surface area (Å²) in [7, 11) is -1.99. The number of esters is 1. The zero-order valence-corrected chi connectivity index (χ0v) is 26.7. The van der Waals surface area contributed by atoms with Gasteiger partial charge in [-0.05, 0) is 88.1 Å². The molecule has 2 aromatic carbocycles. The lowest BCUT2D eigenvalue weighted by Gasteiger charge is -2.26. The standard InChI is InChI=1S/C32H34F4N6O4S/c1-39(2)20-29(43)46-21-42(47(44,45)28-18-23(33)6-7-25(28)34)27-9-8-26(35)30(31(27)36)32-24(22-10-12-37-13-11-22)19-41(38-32)17-16-40-14-4-3-5-15-40/h6-13,18-19H,3-5,14-17,20-21H2,1-2H3. The number of benzene rings is 2. The quantitative estimate of drug-likeness (QED) is 0.119. The van der Waals surface area contributed by atoms with Crippen LogP contribution in [0.1, 0.15) is 19.3 Å². The van der Waals surface area contributed by atoms with Crippen molar-refractivity contribution in [3.8, 4) is 22.4 Å². The van der Waals surface area contributed by atoms with E-state index in [1.165, 1.54) is 17.3 Å². The predicted octanol–water partition coefficient (Wildman–Crippen LogP) is 4.91. The van der Waals surface area contributed by atoms with Crippen LogP contribution in [0.5, 0.6) is 0 Å². The number of aromatic nitrogens is 3. The van der Waals surface area contributed by atoms with Gasteiger partial charge in [0.15, 0.2) is 12.5 Å². The first-order chi connectivity index (χ1) is 22.5. The number of pyridine rings is 1. The van der Waals surface area contributed by atoms with Crippen molar-refractivity contribution in [1.82, 2.24) is 24.6 Å². The van der Waals surface area contributed by atoms with Crippen molar-refractivity contribution in [2.75, 3.05) is 51.3 Å². The summed E-state index contributed by atoms with van der Waals surface area (Å²) < 4.78 is 95.8. The molecular formula is C32H34F4N6O4S. The van der Waals surface area contributed by atoms with Gasteiger partial charge in [0.05, 0.1) is 24.3 Å². The fraction of sp³-hybridized carbons (Fsp3) is 0.344. The number of carbonyl (C=O) groups is 1. The minimum atomic E-state index is -5.12. The maximum absolute atomic E-state index is 16.7. The highest BCUT2D eigenvalue weighted by atomic mass is 32.2. The number of sulfonamides is 1. The van der Waals surface area contributed by atoms with E-state index in [-0.39, 0.29) is 16.5 Å². The second-order valence-corrected chi connectivity index (χ2v) is 13.2. The number of rotatable bonds is 12. The van der Waals surface area contributed by atoms with Gasteiger partial charge in [0.25, 0.3) is 10.0 Å². The third-order valence-electron chi connectivity index (χ3n) is 7.67. The van der Waals surface area contributed by atoms with E-state index in [4.69, 9.17) is 4.74 Å². The Kier molecular flexibility index (Phi) is 10.6. The molecule has 2 aromatic heterocycles. The van der Waals surface area contributed by atoms with Gasteiger partial charge in [-0.25, -0.2) is 30.3 Å². The highest BCUT2D eigenvalue weighted by Crippen LogP contribution is 2.39. The molecule has 0 N–H and O–H groups in total. The Morgan fingerprint density at radius 3 is 2.34 bits per heavy atom. The van der Waals surface area contributed by atoms with E-state index in [0.29, 0.717) is 42.4 Å². The van der Waals surface area contributed by atoms with E-state index in [2.05, 4.69) is 15.0 Å². The molecule has 0 atom stereocenters. The van der Waals surface area contributed by atoms with Gasteiger partial charge in [-0.2, -0.15) is 5.10 Å². The van der Waals surface area contributed by atoms with Gasteiger partial charge in [-0.1, -0.05) is 6.42 Å². The van der Waals surface area contributed by atoms with Crippen LogP contribution in [-0.4, -0.2) is 86.0 Å². The molecule has 250 valence electrons. The highest BCUT2D eigenvalue weighted by molar-refractivity contribution is 7.92. The lowest BCUT2D eigenvalue weighted by molar-refractivity contribution is -0.143. The SMILES string of the molecule is CN(C)CC(=O)OCN(c1ccc(F)c(-c2nn(CCN3CCCCC3)cc2-c2ccncc2)c1F)S(=O)(=O)c1cc(F)ccc1F. The van der Waals surface area contributed by atoms with E-state index >= 15 is 8.78 Å². The Balaban J connectivity index is 1.62. The van der Waals surface area contributed by atoms with Crippen molar-refractivity contribution < 1.29 is 35.5 Å². The molecule has 0 spiro atoms. The van der Waals surface area contributed by atoms with Gasteiger partial charge in [0.1, 0.15) is 28.0 Å². The minimum absolute atomic E-state index is 0.120. The maximum Gasteiger partial charge on any atom is 0.321 e. The van der Waals surface area contributed by atoms with Gasteiger partial charge >= 0.3 is 5.97 Å². The molecule has 3 heterocycles. The normalized spacial score (nSPS) is 14.0. The van der Waals surface area contributed by atoms with Gasteiger partial charge in [0.2, 0.25) is 0 Å². The number of nitrogens with zero attached hydrogens (tertiary/aromatic N) is 6. The van der Waals surface area contributed by atoms with Crippen LogP contribution in [0.3, 0.4) is 0 Å². The number of likely N-dealkylation sites (N-methyl/N-ethyl adjacent to an activating group) is 1. The molecule has 1 aliphatic heterocycles. The summed E-state index contributed by atoms with van der Waals surface area (Å²) in [4.78, 5) is 19.0. The van der Waals surface area contributed by atoms with E-state index in [0.717, 1.165) is 44.5 Å². The Morgan fingerprint density at radius 1 is 0.936 bits per heavy atom. The van der Waals surface area contributed by atoms with Crippen LogP contribution >= 0.6 is 0 Å². The summed E-state index contributed by atoms with van der Waals surface area (Å²) in [5.74, 6) is -5.71. The van der Waals surface area contributed by atoms with Gasteiger partial charge in [0, 0.05) is 30.7 Å². The zero-order chi connectivity index (χ0) is 33.7. The lowest BCUT2D eigenvalue weighted by Crippen LogP contribution is -2.37. The Morgan fingerprint density at radius 2 is 1.64 bits per heavy atom. The molecule has 5 rings (SSSR count). The van der Waals surface area contributed by atoms with E-state index in [1.54, 1.807) is 37.1 Å². The summed E-state index contributed by atoms with van der Waals surface area (Å²) in [6, 6.07) is 6.68. The summed E-state index contributed by atoms with van der Waals surface area (Å²) in [5.41, 5.74) is -0.654. The zero-order valence-electron chi connectivity index (χ0n) is 25.9. The summed E-state index contributed by atoms with van der Waals surface area (Å²) in [6.45, 7) is 1.57. The molecular weight excluding hydrogens is 640 g/mol. The maximum atomic E-state index is 16.7. The summed E-state index contributed by atoms with van der Waals surface area (Å²) >= 11 is 0. The fourth-order valence-electron chi connectivity index (χ4n) is 5.34. The van der Waals surface area contributed by atoms with Crippen LogP contribution < -0.4 is 4.31 Å². The Hall–Kier alpha value is -4.34. The average Bonchev–Trinajstić information content (AvgIpc) is 3.46. The van der Waals surface area contributed by atoms with E-state index < -0.39 is 62.1 Å². The molecule has 0 unspecified atom stereocenters. The van der Waals surface area contributed by atoms with Crippen LogP contribution in [0.25, 0.3) is 22.4 Å². The van der Waals surface area contributed by atoms with Crippen LogP contribution in [0.15, 0.2) is 66.0 Å². The number of halogens is 4. The molecule has 0 aliphatic carbocycles. The molecule has 4 aromatic rings. The number of carbonyl (C=O) groups excluding carboxylic acids is 1. The number of likely N-dealkylation sites (tertiary alicyclic amines) is 1. The lowest BCUT2D eigenvalue weighted by atomic mass is 10.0. The van der Waals surface area contributed by atoms with E-state index in [9.17, 15) is 22.0 Å². The molecule has 1 fully saturated rings. The topological polar surface area (TPSA) is 101 Å². The first kappa shape index (κ1) is 34.0. The van der Waals surface area contributed by atoms with Crippen molar-refractivity contribution in [3.63, 3.8) is 0 Å². The number of hydrogen-bond acceptors (Lipinski definition) is 8. The minimum Gasteiger partial charge on any atom is -0.442 e.